The summed E-state index contributed by atoms with van der Waals surface area (Å²) in [7, 11) is 0. The van der Waals surface area contributed by atoms with E-state index in [0.29, 0.717) is 33.6 Å². The van der Waals surface area contributed by atoms with Crippen LogP contribution in [0.5, 0.6) is 0 Å². The van der Waals surface area contributed by atoms with Crippen LogP contribution in [-0.4, -0.2) is 21.7 Å². The molecule has 0 unspecified atom stereocenters. The molecule has 3 aromatic rings. The van der Waals surface area contributed by atoms with Crippen molar-refractivity contribution in [3.8, 4) is 0 Å². The van der Waals surface area contributed by atoms with Crippen LogP contribution in [0.15, 0.2) is 36.4 Å². The first-order valence-electron chi connectivity index (χ1n) is 11.0. The zero-order valence-corrected chi connectivity index (χ0v) is 20.8. The summed E-state index contributed by atoms with van der Waals surface area (Å²) in [5.41, 5.74) is 4.22. The van der Waals surface area contributed by atoms with E-state index in [1.165, 1.54) is 24.3 Å². The SMILES string of the molecule is Cc1cc(C(=O)Nc2cc(C)c(NC(=O)c3cc(C)c(C)cc3[N+](=O)[O-])cc2C)c([N+](=O)[O-])cc1C. The van der Waals surface area contributed by atoms with Crippen LogP contribution in [0.25, 0.3) is 0 Å². The number of nitro benzene ring substituents is 2. The van der Waals surface area contributed by atoms with Gasteiger partial charge in [-0.1, -0.05) is 0 Å². The molecule has 0 aliphatic heterocycles. The molecule has 0 radical (unpaired) electrons. The number of carbonyl (C=O) groups excluding carboxylic acids is 2. The number of benzene rings is 3. The lowest BCUT2D eigenvalue weighted by atomic mass is 10.0. The third kappa shape index (κ3) is 5.22. The van der Waals surface area contributed by atoms with Crippen molar-refractivity contribution in [2.75, 3.05) is 10.6 Å². The average Bonchev–Trinajstić information content (AvgIpc) is 2.79. The molecule has 0 aliphatic rings. The number of nitrogens with zero attached hydrogens (tertiary/aromatic N) is 2. The lowest BCUT2D eigenvalue weighted by Gasteiger charge is -2.15. The monoisotopic (exact) mass is 490 g/mol. The van der Waals surface area contributed by atoms with Crippen LogP contribution in [0.1, 0.15) is 54.1 Å². The van der Waals surface area contributed by atoms with Crippen LogP contribution in [0, 0.1) is 61.8 Å². The second-order valence-electron chi connectivity index (χ2n) is 8.81. The number of nitro groups is 2. The molecule has 186 valence electrons. The summed E-state index contributed by atoms with van der Waals surface area (Å²) in [6.07, 6.45) is 0. The molecule has 0 heterocycles. The van der Waals surface area contributed by atoms with Crippen molar-refractivity contribution >= 4 is 34.6 Å². The maximum Gasteiger partial charge on any atom is 0.282 e. The Hall–Kier alpha value is -4.60. The standard InChI is InChI=1S/C26H26N4O6/c1-13-7-19(23(29(33)34)11-15(13)3)25(31)27-21-9-18(6)22(10-17(21)5)28-26(32)20-8-14(2)16(4)12-24(20)30(35)36/h7-12H,1-6H3,(H,27,31)(H,28,32). The Labute approximate surface area is 207 Å². The van der Waals surface area contributed by atoms with Crippen molar-refractivity contribution in [3.05, 3.63) is 101 Å². The van der Waals surface area contributed by atoms with Gasteiger partial charge >= 0.3 is 0 Å². The summed E-state index contributed by atoms with van der Waals surface area (Å²) in [5, 5.41) is 28.4. The van der Waals surface area contributed by atoms with Crippen LogP contribution >= 0.6 is 0 Å². The molecule has 0 atom stereocenters. The third-order valence-corrected chi connectivity index (χ3v) is 6.17. The van der Waals surface area contributed by atoms with Crippen molar-refractivity contribution in [2.45, 2.75) is 41.5 Å². The molecule has 2 amide bonds. The molecule has 0 fully saturated rings. The molecule has 10 heteroatoms. The van der Waals surface area contributed by atoms with Gasteiger partial charge in [-0.15, -0.1) is 0 Å². The summed E-state index contributed by atoms with van der Waals surface area (Å²) in [6.45, 7) is 10.4. The van der Waals surface area contributed by atoms with Gasteiger partial charge in [0.2, 0.25) is 0 Å². The third-order valence-electron chi connectivity index (χ3n) is 6.17. The van der Waals surface area contributed by atoms with Crippen LogP contribution < -0.4 is 10.6 Å². The molecule has 0 bridgehead atoms. The van der Waals surface area contributed by atoms with Gasteiger partial charge in [0.15, 0.2) is 0 Å². The number of carbonyl (C=O) groups is 2. The van der Waals surface area contributed by atoms with E-state index in [9.17, 15) is 29.8 Å². The number of aryl methyl sites for hydroxylation is 6. The summed E-state index contributed by atoms with van der Waals surface area (Å²) in [4.78, 5) is 47.6. The highest BCUT2D eigenvalue weighted by atomic mass is 16.6. The Morgan fingerprint density at radius 1 is 0.556 bits per heavy atom. The van der Waals surface area contributed by atoms with E-state index in [0.717, 1.165) is 11.1 Å². The molecule has 0 aliphatic carbocycles. The summed E-state index contributed by atoms with van der Waals surface area (Å²) in [6, 6.07) is 8.96. The minimum Gasteiger partial charge on any atom is -0.322 e. The van der Waals surface area contributed by atoms with E-state index >= 15 is 0 Å². The van der Waals surface area contributed by atoms with Gasteiger partial charge in [-0.25, -0.2) is 0 Å². The highest BCUT2D eigenvalue weighted by molar-refractivity contribution is 6.09. The Morgan fingerprint density at radius 3 is 1.17 bits per heavy atom. The largest absolute Gasteiger partial charge is 0.322 e. The number of anilines is 2. The van der Waals surface area contributed by atoms with Gasteiger partial charge in [-0.2, -0.15) is 0 Å². The van der Waals surface area contributed by atoms with E-state index in [-0.39, 0.29) is 22.5 Å². The predicted molar refractivity (Wildman–Crippen MR) is 137 cm³/mol. The van der Waals surface area contributed by atoms with Crippen molar-refractivity contribution in [1.29, 1.82) is 0 Å². The topological polar surface area (TPSA) is 144 Å². The van der Waals surface area contributed by atoms with Gasteiger partial charge < -0.3 is 10.6 Å². The zero-order chi connectivity index (χ0) is 26.9. The second-order valence-corrected chi connectivity index (χ2v) is 8.81. The number of hydrogen-bond acceptors (Lipinski definition) is 6. The minimum atomic E-state index is -0.630. The van der Waals surface area contributed by atoms with Gasteiger partial charge in [-0.05, 0) is 99.2 Å². The highest BCUT2D eigenvalue weighted by Gasteiger charge is 2.24. The van der Waals surface area contributed by atoms with Gasteiger partial charge in [0.1, 0.15) is 11.1 Å². The van der Waals surface area contributed by atoms with Crippen molar-refractivity contribution in [3.63, 3.8) is 0 Å². The predicted octanol–water partition coefficient (Wildman–Crippen LogP) is 5.86. The van der Waals surface area contributed by atoms with E-state index in [2.05, 4.69) is 10.6 Å². The van der Waals surface area contributed by atoms with Crippen LogP contribution in [0.2, 0.25) is 0 Å². The summed E-state index contributed by atoms with van der Waals surface area (Å²) in [5.74, 6) is -1.26. The maximum atomic E-state index is 12.9. The lowest BCUT2D eigenvalue weighted by molar-refractivity contribution is -0.385. The Morgan fingerprint density at radius 2 is 0.861 bits per heavy atom. The Bertz CT molecular complexity index is 1340. The van der Waals surface area contributed by atoms with Crippen molar-refractivity contribution in [2.24, 2.45) is 0 Å². The Balaban J connectivity index is 1.91. The number of rotatable bonds is 6. The van der Waals surface area contributed by atoms with Crippen molar-refractivity contribution < 1.29 is 19.4 Å². The molecular weight excluding hydrogens is 464 g/mol. The van der Waals surface area contributed by atoms with Crippen LogP contribution in [-0.2, 0) is 0 Å². The second kappa shape index (κ2) is 9.95. The summed E-state index contributed by atoms with van der Waals surface area (Å²) < 4.78 is 0. The van der Waals surface area contributed by atoms with E-state index in [1.807, 2.05) is 0 Å². The molecule has 0 spiro atoms. The van der Waals surface area contributed by atoms with Gasteiger partial charge in [0.25, 0.3) is 23.2 Å². The maximum absolute atomic E-state index is 12.9. The minimum absolute atomic E-state index is 0.0559. The smallest absolute Gasteiger partial charge is 0.282 e. The zero-order valence-electron chi connectivity index (χ0n) is 20.8. The van der Waals surface area contributed by atoms with E-state index in [4.69, 9.17) is 0 Å². The highest BCUT2D eigenvalue weighted by Crippen LogP contribution is 2.29. The van der Waals surface area contributed by atoms with Gasteiger partial charge in [-0.3, -0.25) is 29.8 Å². The first kappa shape index (κ1) is 26.0. The first-order chi connectivity index (χ1) is 16.8. The molecule has 0 saturated heterocycles. The molecule has 3 rings (SSSR count). The fourth-order valence-corrected chi connectivity index (χ4v) is 3.73. The summed E-state index contributed by atoms with van der Waals surface area (Å²) >= 11 is 0. The molecular formula is C26H26N4O6. The van der Waals surface area contributed by atoms with Gasteiger partial charge in [0, 0.05) is 23.5 Å². The normalized spacial score (nSPS) is 10.6. The molecule has 0 saturated carbocycles. The van der Waals surface area contributed by atoms with Gasteiger partial charge in [0.05, 0.1) is 9.85 Å². The Kier molecular flexibility index (Phi) is 7.19. The molecule has 10 nitrogen and oxygen atoms in total. The first-order valence-corrected chi connectivity index (χ1v) is 11.0. The molecule has 2 N–H and O–H groups in total. The van der Waals surface area contributed by atoms with Crippen LogP contribution in [0.4, 0.5) is 22.7 Å². The fraction of sp³-hybridized carbons (Fsp3) is 0.231. The molecule has 3 aromatic carbocycles. The quantitative estimate of drug-likeness (QED) is 0.327. The molecule has 36 heavy (non-hydrogen) atoms. The number of amides is 2. The average molecular weight is 491 g/mol. The van der Waals surface area contributed by atoms with Crippen LogP contribution in [0.3, 0.4) is 0 Å². The number of hydrogen-bond donors (Lipinski definition) is 2. The lowest BCUT2D eigenvalue weighted by Crippen LogP contribution is -2.17. The van der Waals surface area contributed by atoms with E-state index in [1.54, 1.807) is 53.7 Å². The van der Waals surface area contributed by atoms with E-state index < -0.39 is 21.7 Å². The van der Waals surface area contributed by atoms with Crippen molar-refractivity contribution in [1.82, 2.24) is 0 Å². The molecule has 0 aromatic heterocycles. The number of nitrogens with one attached hydrogen (secondary N) is 2. The fourth-order valence-electron chi connectivity index (χ4n) is 3.73.